The molecule has 0 aromatic heterocycles. The molecule has 0 unspecified atom stereocenters. The summed E-state index contributed by atoms with van der Waals surface area (Å²) in [5.41, 5.74) is 0. The van der Waals surface area contributed by atoms with Gasteiger partial charge >= 0.3 is 0 Å². The number of hydrogen-bond acceptors (Lipinski definition) is 1. The fourth-order valence-electron chi connectivity index (χ4n) is 3.15. The Labute approximate surface area is 159 Å². The minimum atomic E-state index is 1.07. The highest BCUT2D eigenvalue weighted by Crippen LogP contribution is 2.13. The van der Waals surface area contributed by atoms with E-state index < -0.39 is 0 Å². The summed E-state index contributed by atoms with van der Waals surface area (Å²) in [5.74, 6) is 2.14. The average Bonchev–Trinajstić information content (AvgIpc) is 2.59. The molecule has 0 N–H and O–H groups in total. The Morgan fingerprint density at radius 3 is 1.20 bits per heavy atom. The van der Waals surface area contributed by atoms with Gasteiger partial charge in [-0.3, -0.25) is 0 Å². The van der Waals surface area contributed by atoms with Crippen molar-refractivity contribution in [3.8, 4) is 0 Å². The number of allylic oxidation sites excluding steroid dienone is 4. The van der Waals surface area contributed by atoms with Gasteiger partial charge in [0.15, 0.2) is 0 Å². The zero-order chi connectivity index (χ0) is 18.6. The van der Waals surface area contributed by atoms with Crippen molar-refractivity contribution in [3.05, 3.63) is 23.7 Å². The van der Waals surface area contributed by atoms with Gasteiger partial charge in [0.25, 0.3) is 0 Å². The van der Waals surface area contributed by atoms with Crippen molar-refractivity contribution < 1.29 is 4.74 Å². The van der Waals surface area contributed by atoms with E-state index in [0.29, 0.717) is 0 Å². The summed E-state index contributed by atoms with van der Waals surface area (Å²) >= 11 is 0. The van der Waals surface area contributed by atoms with Crippen LogP contribution in [0.4, 0.5) is 0 Å². The Hall–Kier alpha value is -0.720. The van der Waals surface area contributed by atoms with Gasteiger partial charge in [-0.2, -0.15) is 0 Å². The number of hydrogen-bond donors (Lipinski definition) is 0. The Kier molecular flexibility index (Phi) is 19.0. The lowest BCUT2D eigenvalue weighted by Gasteiger charge is -2.07. The number of ether oxygens (including phenoxy) is 1. The smallest absolute Gasteiger partial charge is 0.0965 e. The van der Waals surface area contributed by atoms with Crippen molar-refractivity contribution in [2.45, 2.75) is 130 Å². The van der Waals surface area contributed by atoms with E-state index >= 15 is 0 Å². The third-order valence-corrected chi connectivity index (χ3v) is 4.80. The molecule has 0 saturated carbocycles. The van der Waals surface area contributed by atoms with Crippen LogP contribution >= 0.6 is 0 Å². The first-order valence-electron chi connectivity index (χ1n) is 11.2. The maximum Gasteiger partial charge on any atom is 0.0965 e. The summed E-state index contributed by atoms with van der Waals surface area (Å²) < 4.78 is 5.89. The summed E-state index contributed by atoms with van der Waals surface area (Å²) in [5, 5.41) is 0. The lowest BCUT2D eigenvalue weighted by Crippen LogP contribution is -1.87. The molecule has 0 heterocycles. The second kappa shape index (κ2) is 19.6. The van der Waals surface area contributed by atoms with Gasteiger partial charge in [0.1, 0.15) is 0 Å². The molecule has 0 bridgehead atoms. The van der Waals surface area contributed by atoms with Crippen molar-refractivity contribution in [1.82, 2.24) is 0 Å². The Morgan fingerprint density at radius 2 is 0.840 bits per heavy atom. The van der Waals surface area contributed by atoms with Gasteiger partial charge in [-0.15, -0.1) is 0 Å². The molecule has 25 heavy (non-hydrogen) atoms. The topological polar surface area (TPSA) is 9.23 Å². The normalized spacial score (nSPS) is 12.6. The van der Waals surface area contributed by atoms with E-state index in [1.807, 2.05) is 0 Å². The van der Waals surface area contributed by atoms with E-state index in [-0.39, 0.29) is 0 Å². The second-order valence-electron chi connectivity index (χ2n) is 7.55. The van der Waals surface area contributed by atoms with Crippen LogP contribution in [0.15, 0.2) is 23.7 Å². The van der Waals surface area contributed by atoms with Gasteiger partial charge in [0.05, 0.1) is 11.5 Å². The molecule has 0 atom stereocenters. The summed E-state index contributed by atoms with van der Waals surface area (Å²) in [6, 6.07) is 0. The van der Waals surface area contributed by atoms with Crippen LogP contribution in [0.3, 0.4) is 0 Å². The maximum absolute atomic E-state index is 5.89. The zero-order valence-electron chi connectivity index (χ0n) is 17.9. The Bertz CT molecular complexity index is 295. The molecule has 0 aliphatic heterocycles. The summed E-state index contributed by atoms with van der Waals surface area (Å²) in [4.78, 5) is 0. The predicted octanol–water partition coefficient (Wildman–Crippen LogP) is 9.09. The molecule has 0 aliphatic rings. The zero-order valence-corrected chi connectivity index (χ0v) is 17.9. The molecule has 1 heteroatoms. The minimum absolute atomic E-state index is 1.07. The van der Waals surface area contributed by atoms with Crippen molar-refractivity contribution in [2.75, 3.05) is 0 Å². The molecule has 0 amide bonds. The van der Waals surface area contributed by atoms with Gasteiger partial charge in [0, 0.05) is 0 Å². The third-order valence-electron chi connectivity index (χ3n) is 4.80. The average molecular weight is 351 g/mol. The molecule has 0 spiro atoms. The SMILES string of the molecule is CCCCCCCCCC=C(C)OC(C)=CCCCCCCCCC. The summed E-state index contributed by atoms with van der Waals surface area (Å²) in [6.45, 7) is 8.73. The fraction of sp³-hybridized carbons (Fsp3) is 0.833. The largest absolute Gasteiger partial charge is 0.467 e. The highest BCUT2D eigenvalue weighted by Gasteiger charge is 1.95. The van der Waals surface area contributed by atoms with Crippen molar-refractivity contribution in [2.24, 2.45) is 0 Å². The van der Waals surface area contributed by atoms with E-state index in [1.54, 1.807) is 0 Å². The van der Waals surface area contributed by atoms with E-state index in [2.05, 4.69) is 39.8 Å². The third kappa shape index (κ3) is 19.5. The number of rotatable bonds is 18. The Morgan fingerprint density at radius 1 is 0.520 bits per heavy atom. The molecule has 0 rings (SSSR count). The first kappa shape index (κ1) is 24.3. The van der Waals surface area contributed by atoms with Crippen LogP contribution in [0.1, 0.15) is 130 Å². The standard InChI is InChI=1S/C24H46O/c1-5-7-9-11-13-15-17-19-21-23(3)25-24(4)22-20-18-16-14-12-10-8-6-2/h21-22H,5-20H2,1-4H3. The van der Waals surface area contributed by atoms with Crippen LogP contribution in [-0.2, 0) is 4.74 Å². The first-order chi connectivity index (χ1) is 12.2. The second-order valence-corrected chi connectivity index (χ2v) is 7.55. The molecule has 0 fully saturated rings. The van der Waals surface area contributed by atoms with Crippen molar-refractivity contribution >= 4 is 0 Å². The molecule has 1 nitrogen and oxygen atoms in total. The lowest BCUT2D eigenvalue weighted by molar-refractivity contribution is 0.305. The molecule has 148 valence electrons. The highest BCUT2D eigenvalue weighted by molar-refractivity contribution is 4.97. The van der Waals surface area contributed by atoms with Crippen LogP contribution in [0, 0.1) is 0 Å². The quantitative estimate of drug-likeness (QED) is 0.177. The summed E-state index contributed by atoms with van der Waals surface area (Å²) in [6.07, 6.45) is 26.1. The van der Waals surface area contributed by atoms with Crippen molar-refractivity contribution in [1.29, 1.82) is 0 Å². The van der Waals surface area contributed by atoms with Gasteiger partial charge in [-0.05, 0) is 51.7 Å². The predicted molar refractivity (Wildman–Crippen MR) is 114 cm³/mol. The molecule has 0 saturated heterocycles. The van der Waals surface area contributed by atoms with E-state index in [1.165, 1.54) is 89.9 Å². The van der Waals surface area contributed by atoms with Crippen LogP contribution < -0.4 is 0 Å². The van der Waals surface area contributed by atoms with Crippen LogP contribution in [-0.4, -0.2) is 0 Å². The molecule has 0 aromatic carbocycles. The highest BCUT2D eigenvalue weighted by atomic mass is 16.5. The Balaban J connectivity index is 3.56. The molecule has 0 radical (unpaired) electrons. The van der Waals surface area contributed by atoms with E-state index in [9.17, 15) is 0 Å². The summed E-state index contributed by atoms with van der Waals surface area (Å²) in [7, 11) is 0. The first-order valence-corrected chi connectivity index (χ1v) is 11.2. The fourth-order valence-corrected chi connectivity index (χ4v) is 3.15. The van der Waals surface area contributed by atoms with Gasteiger partial charge < -0.3 is 4.74 Å². The molecule has 0 aliphatic carbocycles. The van der Waals surface area contributed by atoms with E-state index in [4.69, 9.17) is 4.74 Å². The van der Waals surface area contributed by atoms with Crippen LogP contribution in [0.5, 0.6) is 0 Å². The maximum atomic E-state index is 5.89. The van der Waals surface area contributed by atoms with Crippen LogP contribution in [0.25, 0.3) is 0 Å². The van der Waals surface area contributed by atoms with E-state index in [0.717, 1.165) is 24.4 Å². The monoisotopic (exact) mass is 350 g/mol. The molecular weight excluding hydrogens is 304 g/mol. The number of unbranched alkanes of at least 4 members (excludes halogenated alkanes) is 14. The molecular formula is C24H46O. The molecule has 0 aromatic rings. The minimum Gasteiger partial charge on any atom is -0.467 e. The van der Waals surface area contributed by atoms with Crippen LogP contribution in [0.2, 0.25) is 0 Å². The van der Waals surface area contributed by atoms with Gasteiger partial charge in [-0.1, -0.05) is 90.9 Å². The van der Waals surface area contributed by atoms with Gasteiger partial charge in [0.2, 0.25) is 0 Å². The lowest BCUT2D eigenvalue weighted by atomic mass is 10.1. The van der Waals surface area contributed by atoms with Gasteiger partial charge in [-0.25, -0.2) is 0 Å². The van der Waals surface area contributed by atoms with Crippen molar-refractivity contribution in [3.63, 3.8) is 0 Å².